The van der Waals surface area contributed by atoms with Crippen molar-refractivity contribution >= 4 is 0 Å². The van der Waals surface area contributed by atoms with Gasteiger partial charge in [0.25, 0.3) is 0 Å². The van der Waals surface area contributed by atoms with Gasteiger partial charge < -0.3 is 21.6 Å². The molecule has 0 aliphatic rings. The molecule has 0 N–H and O–H groups in total. The maximum atomic E-state index is 5.33. The molecule has 0 spiro atoms. The molecule has 0 aromatic heterocycles. The summed E-state index contributed by atoms with van der Waals surface area (Å²) in [4.78, 5) is 0. The van der Waals surface area contributed by atoms with Crippen LogP contribution in [0.2, 0.25) is 0 Å². The van der Waals surface area contributed by atoms with Crippen molar-refractivity contribution in [3.63, 3.8) is 0 Å². The van der Waals surface area contributed by atoms with E-state index in [1.807, 2.05) is 6.07 Å². The summed E-state index contributed by atoms with van der Waals surface area (Å²) in [6.45, 7) is 4.62. The number of ether oxygens (including phenoxy) is 1. The highest BCUT2D eigenvalue weighted by atomic mass is 35.5. The lowest BCUT2D eigenvalue weighted by atomic mass is 10.1. The monoisotopic (exact) mass is 369 g/mol. The van der Waals surface area contributed by atoms with Crippen LogP contribution in [0.1, 0.15) is 76.7 Å². The molecule has 0 amide bonds. The number of quaternary nitrogens is 1. The molecule has 3 heteroatoms. The summed E-state index contributed by atoms with van der Waals surface area (Å²) < 4.78 is 6.39. The van der Waals surface area contributed by atoms with Crippen molar-refractivity contribution in [2.75, 3.05) is 27.7 Å². The third-order valence-electron chi connectivity index (χ3n) is 4.86. The second kappa shape index (κ2) is 14.4. The van der Waals surface area contributed by atoms with Gasteiger partial charge in [-0.2, -0.15) is 0 Å². The molecule has 0 radical (unpaired) electrons. The van der Waals surface area contributed by atoms with E-state index in [1.165, 1.54) is 76.3 Å². The van der Waals surface area contributed by atoms with Gasteiger partial charge in [0.1, 0.15) is 12.3 Å². The molecule has 1 aromatic carbocycles. The Balaban J connectivity index is 0.00000576. The molecule has 0 unspecified atom stereocenters. The Labute approximate surface area is 163 Å². The van der Waals surface area contributed by atoms with Crippen molar-refractivity contribution in [3.05, 3.63) is 29.8 Å². The standard InChI is InChI=1S/C22H40NO.ClH/c1-5-6-7-8-9-10-11-12-13-14-18-23(2,3)20-21-16-15-17-22(19-21)24-4;/h15-17,19H,5-14,18,20H2,1-4H3;1H/q+1;/p-1. The third-order valence-corrected chi connectivity index (χ3v) is 4.86. The van der Waals surface area contributed by atoms with E-state index in [9.17, 15) is 0 Å². The number of nitrogens with zero attached hydrogens (tertiary/aromatic N) is 1. The summed E-state index contributed by atoms with van der Waals surface area (Å²) in [7, 11) is 6.42. The predicted octanol–water partition coefficient (Wildman–Crippen LogP) is 3.20. The average molecular weight is 370 g/mol. The fourth-order valence-electron chi connectivity index (χ4n) is 3.37. The van der Waals surface area contributed by atoms with Crippen LogP contribution in [0.4, 0.5) is 0 Å². The van der Waals surface area contributed by atoms with Crippen LogP contribution < -0.4 is 17.1 Å². The number of benzene rings is 1. The van der Waals surface area contributed by atoms with Gasteiger partial charge in [-0.15, -0.1) is 0 Å². The highest BCUT2D eigenvalue weighted by molar-refractivity contribution is 5.27. The molecule has 0 heterocycles. The summed E-state index contributed by atoms with van der Waals surface area (Å²) in [5, 5.41) is 0. The number of rotatable bonds is 14. The molecule has 0 bridgehead atoms. The number of unbranched alkanes of at least 4 members (excludes halogenated alkanes) is 9. The first-order chi connectivity index (χ1) is 11.6. The van der Waals surface area contributed by atoms with Gasteiger partial charge in [-0.05, 0) is 25.0 Å². The van der Waals surface area contributed by atoms with Crippen molar-refractivity contribution in [2.45, 2.75) is 77.7 Å². The summed E-state index contributed by atoms with van der Waals surface area (Å²) in [6.07, 6.45) is 14.1. The van der Waals surface area contributed by atoms with Gasteiger partial charge in [-0.25, -0.2) is 0 Å². The third kappa shape index (κ3) is 12.3. The highest BCUT2D eigenvalue weighted by Crippen LogP contribution is 2.17. The van der Waals surface area contributed by atoms with Gasteiger partial charge in [0.2, 0.25) is 0 Å². The normalized spacial score (nSPS) is 11.2. The Morgan fingerprint density at radius 3 is 1.96 bits per heavy atom. The van der Waals surface area contributed by atoms with E-state index in [4.69, 9.17) is 4.74 Å². The smallest absolute Gasteiger partial charge is 0.119 e. The van der Waals surface area contributed by atoms with Crippen molar-refractivity contribution in [1.82, 2.24) is 0 Å². The van der Waals surface area contributed by atoms with Crippen LogP contribution in [0.3, 0.4) is 0 Å². The minimum atomic E-state index is 0. The maximum absolute atomic E-state index is 5.33. The molecule has 0 saturated heterocycles. The quantitative estimate of drug-likeness (QED) is 0.361. The zero-order valence-corrected chi connectivity index (χ0v) is 17.8. The second-order valence-electron chi connectivity index (χ2n) is 7.85. The molecular formula is C22H40ClNO. The van der Waals surface area contributed by atoms with E-state index in [0.29, 0.717) is 0 Å². The lowest BCUT2D eigenvalue weighted by molar-refractivity contribution is -0.903. The first kappa shape index (κ1) is 24.3. The first-order valence-corrected chi connectivity index (χ1v) is 10.0. The van der Waals surface area contributed by atoms with Crippen molar-refractivity contribution < 1.29 is 21.6 Å². The lowest BCUT2D eigenvalue weighted by Gasteiger charge is -2.30. The Kier molecular flexibility index (Phi) is 14.0. The fourth-order valence-corrected chi connectivity index (χ4v) is 3.37. The molecule has 0 saturated carbocycles. The van der Waals surface area contributed by atoms with E-state index in [0.717, 1.165) is 16.8 Å². The van der Waals surface area contributed by atoms with Gasteiger partial charge in [-0.3, -0.25) is 0 Å². The molecule has 0 fully saturated rings. The molecule has 0 aliphatic heterocycles. The zero-order chi connectivity index (χ0) is 17.7. The minimum absolute atomic E-state index is 0. The predicted molar refractivity (Wildman–Crippen MR) is 106 cm³/mol. The molecule has 1 aromatic rings. The lowest BCUT2D eigenvalue weighted by Crippen LogP contribution is -3.00. The van der Waals surface area contributed by atoms with Crippen molar-refractivity contribution in [3.8, 4) is 5.75 Å². The van der Waals surface area contributed by atoms with Gasteiger partial charge in [0.15, 0.2) is 0 Å². The SMILES string of the molecule is CCCCCCCCCCCC[N+](C)(C)Cc1cccc(OC)c1.[Cl-]. The summed E-state index contributed by atoms with van der Waals surface area (Å²) in [5.41, 5.74) is 1.37. The molecule has 1 rings (SSSR count). The van der Waals surface area contributed by atoms with E-state index in [1.54, 1.807) is 7.11 Å². The molecule has 0 atom stereocenters. The summed E-state index contributed by atoms with van der Waals surface area (Å²) in [6, 6.07) is 8.49. The Morgan fingerprint density at radius 1 is 0.840 bits per heavy atom. The molecule has 25 heavy (non-hydrogen) atoms. The first-order valence-electron chi connectivity index (χ1n) is 10.0. The van der Waals surface area contributed by atoms with Gasteiger partial charge in [-0.1, -0.05) is 70.4 Å². The van der Waals surface area contributed by atoms with Gasteiger partial charge in [0, 0.05) is 5.56 Å². The largest absolute Gasteiger partial charge is 1.00 e. The Hall–Kier alpha value is -0.730. The van der Waals surface area contributed by atoms with Crippen LogP contribution in [-0.4, -0.2) is 32.2 Å². The van der Waals surface area contributed by atoms with E-state index in [-0.39, 0.29) is 12.4 Å². The van der Waals surface area contributed by atoms with Gasteiger partial charge >= 0.3 is 0 Å². The fraction of sp³-hybridized carbons (Fsp3) is 0.727. The van der Waals surface area contributed by atoms with Crippen LogP contribution in [0, 0.1) is 0 Å². The maximum Gasteiger partial charge on any atom is 0.119 e. The Bertz CT molecular complexity index is 434. The van der Waals surface area contributed by atoms with Crippen LogP contribution in [0.25, 0.3) is 0 Å². The summed E-state index contributed by atoms with van der Waals surface area (Å²) >= 11 is 0. The van der Waals surface area contributed by atoms with Crippen molar-refractivity contribution in [1.29, 1.82) is 0 Å². The number of hydrogen-bond donors (Lipinski definition) is 0. The Morgan fingerprint density at radius 2 is 1.40 bits per heavy atom. The van der Waals surface area contributed by atoms with E-state index in [2.05, 4.69) is 39.2 Å². The van der Waals surface area contributed by atoms with E-state index < -0.39 is 0 Å². The molecule has 2 nitrogen and oxygen atoms in total. The van der Waals surface area contributed by atoms with Crippen molar-refractivity contribution in [2.24, 2.45) is 0 Å². The number of methoxy groups -OCH3 is 1. The highest BCUT2D eigenvalue weighted by Gasteiger charge is 2.15. The van der Waals surface area contributed by atoms with E-state index >= 15 is 0 Å². The van der Waals surface area contributed by atoms with Crippen LogP contribution >= 0.6 is 0 Å². The minimum Gasteiger partial charge on any atom is -1.00 e. The van der Waals surface area contributed by atoms with Crippen LogP contribution in [0.5, 0.6) is 5.75 Å². The number of halogens is 1. The zero-order valence-electron chi connectivity index (χ0n) is 17.0. The molecule has 146 valence electrons. The van der Waals surface area contributed by atoms with Gasteiger partial charge in [0.05, 0.1) is 27.7 Å². The number of hydrogen-bond acceptors (Lipinski definition) is 1. The van der Waals surface area contributed by atoms with Crippen LogP contribution in [0.15, 0.2) is 24.3 Å². The average Bonchev–Trinajstić information content (AvgIpc) is 2.56. The molecular weight excluding hydrogens is 330 g/mol. The second-order valence-corrected chi connectivity index (χ2v) is 7.85. The molecule has 0 aliphatic carbocycles. The summed E-state index contributed by atoms with van der Waals surface area (Å²) in [5.74, 6) is 0.964. The van der Waals surface area contributed by atoms with Crippen LogP contribution in [-0.2, 0) is 6.54 Å². The topological polar surface area (TPSA) is 9.23 Å².